The molecule has 0 aliphatic heterocycles. The van der Waals surface area contributed by atoms with Gasteiger partial charge in [-0.1, -0.05) is 37.1 Å². The molecule has 0 spiro atoms. The van der Waals surface area contributed by atoms with Crippen molar-refractivity contribution in [3.05, 3.63) is 23.8 Å². The van der Waals surface area contributed by atoms with Crippen LogP contribution in [0.4, 0.5) is 0 Å². The molecule has 0 heterocycles. The van der Waals surface area contributed by atoms with Gasteiger partial charge in [0.15, 0.2) is 0 Å². The zero-order chi connectivity index (χ0) is 7.28. The van der Waals surface area contributed by atoms with E-state index in [1.165, 1.54) is 24.0 Å². The molecular formula is C9H16. The number of rotatable bonds is 3. The van der Waals surface area contributed by atoms with Crippen molar-refractivity contribution >= 4 is 0 Å². The minimum absolute atomic E-state index is 1.21. The third-order valence-electron chi connectivity index (χ3n) is 1.60. The molecule has 0 aliphatic carbocycles. The Labute approximate surface area is 58.3 Å². The Hall–Kier alpha value is -0.520. The average Bonchev–Trinajstić information content (AvgIpc) is 1.87. The molecule has 0 nitrogen and oxygen atoms in total. The average molecular weight is 124 g/mol. The lowest BCUT2D eigenvalue weighted by molar-refractivity contribution is 0.895. The van der Waals surface area contributed by atoms with E-state index in [0.717, 1.165) is 0 Å². The molecule has 0 amide bonds. The van der Waals surface area contributed by atoms with E-state index in [4.69, 9.17) is 0 Å². The third-order valence-corrected chi connectivity index (χ3v) is 1.60. The lowest BCUT2D eigenvalue weighted by Gasteiger charge is -1.99. The lowest BCUT2D eigenvalue weighted by Crippen LogP contribution is -1.78. The van der Waals surface area contributed by atoms with Crippen LogP contribution >= 0.6 is 0 Å². The Bertz CT molecular complexity index is 118. The predicted octanol–water partition coefficient (Wildman–Crippen LogP) is 3.31. The molecule has 0 unspecified atom stereocenters. The summed E-state index contributed by atoms with van der Waals surface area (Å²) in [5.41, 5.74) is 2.80. The van der Waals surface area contributed by atoms with Crippen LogP contribution in [0.2, 0.25) is 0 Å². The van der Waals surface area contributed by atoms with Gasteiger partial charge in [-0.05, 0) is 20.3 Å². The minimum atomic E-state index is 1.21. The largest absolute Gasteiger partial charge is 0.0988 e. The van der Waals surface area contributed by atoms with Gasteiger partial charge < -0.3 is 0 Å². The van der Waals surface area contributed by atoms with Crippen molar-refractivity contribution in [2.24, 2.45) is 0 Å². The lowest BCUT2D eigenvalue weighted by atomic mass is 10.1. The summed E-state index contributed by atoms with van der Waals surface area (Å²) in [6.45, 7) is 10.2. The second-order valence-corrected chi connectivity index (χ2v) is 2.42. The van der Waals surface area contributed by atoms with Crippen molar-refractivity contribution in [3.63, 3.8) is 0 Å². The maximum absolute atomic E-state index is 3.71. The zero-order valence-corrected chi connectivity index (χ0v) is 6.70. The molecule has 0 aromatic carbocycles. The van der Waals surface area contributed by atoms with E-state index in [0.29, 0.717) is 0 Å². The van der Waals surface area contributed by atoms with Gasteiger partial charge >= 0.3 is 0 Å². The summed E-state index contributed by atoms with van der Waals surface area (Å²) in [5.74, 6) is 0. The quantitative estimate of drug-likeness (QED) is 0.506. The van der Waals surface area contributed by atoms with Gasteiger partial charge in [-0.3, -0.25) is 0 Å². The van der Waals surface area contributed by atoms with Gasteiger partial charge in [-0.15, -0.1) is 0 Å². The summed E-state index contributed by atoms with van der Waals surface area (Å²) in [7, 11) is 0. The van der Waals surface area contributed by atoms with Gasteiger partial charge in [-0.25, -0.2) is 0 Å². The summed E-state index contributed by atoms with van der Waals surface area (Å²) >= 11 is 0. The van der Waals surface area contributed by atoms with Crippen LogP contribution in [0.1, 0.15) is 33.6 Å². The smallest absolute Gasteiger partial charge is 0.0320 e. The fraction of sp³-hybridized carbons (Fsp3) is 0.556. The zero-order valence-electron chi connectivity index (χ0n) is 6.70. The Morgan fingerprint density at radius 2 is 2.00 bits per heavy atom. The number of hydrogen-bond donors (Lipinski definition) is 0. The van der Waals surface area contributed by atoms with Crippen LogP contribution in [0, 0.1) is 0 Å². The second kappa shape index (κ2) is 4.37. The van der Waals surface area contributed by atoms with Gasteiger partial charge in [0.25, 0.3) is 0 Å². The Kier molecular flexibility index (Phi) is 4.12. The van der Waals surface area contributed by atoms with Crippen molar-refractivity contribution in [2.75, 3.05) is 0 Å². The summed E-state index contributed by atoms with van der Waals surface area (Å²) in [6, 6.07) is 0. The molecule has 9 heavy (non-hydrogen) atoms. The molecule has 0 fully saturated rings. The first kappa shape index (κ1) is 8.48. The topological polar surface area (TPSA) is 0 Å². The van der Waals surface area contributed by atoms with Gasteiger partial charge in [0, 0.05) is 0 Å². The van der Waals surface area contributed by atoms with Gasteiger partial charge in [0.2, 0.25) is 0 Å². The highest BCUT2D eigenvalue weighted by Crippen LogP contribution is 2.09. The molecule has 52 valence electrons. The molecule has 0 radical (unpaired) electrons. The van der Waals surface area contributed by atoms with Crippen molar-refractivity contribution in [1.82, 2.24) is 0 Å². The van der Waals surface area contributed by atoms with Crippen LogP contribution in [0.15, 0.2) is 23.8 Å². The van der Waals surface area contributed by atoms with E-state index in [1.54, 1.807) is 0 Å². The summed E-state index contributed by atoms with van der Waals surface area (Å²) < 4.78 is 0. The first-order valence-corrected chi connectivity index (χ1v) is 3.51. The predicted molar refractivity (Wildman–Crippen MR) is 43.5 cm³/mol. The minimum Gasteiger partial charge on any atom is -0.0988 e. The standard InChI is InChI=1S/C9H16/c1-5-7-9(4)8(3)6-2/h6H,2,5,7H2,1,3-4H3. The first-order valence-electron chi connectivity index (χ1n) is 3.51. The van der Waals surface area contributed by atoms with E-state index in [9.17, 15) is 0 Å². The molecule has 0 saturated heterocycles. The Morgan fingerprint density at radius 3 is 2.33 bits per heavy atom. The van der Waals surface area contributed by atoms with Crippen molar-refractivity contribution < 1.29 is 0 Å². The van der Waals surface area contributed by atoms with Crippen LogP contribution in [0.25, 0.3) is 0 Å². The van der Waals surface area contributed by atoms with Gasteiger partial charge in [0.1, 0.15) is 0 Å². The molecule has 0 atom stereocenters. The van der Waals surface area contributed by atoms with E-state index in [1.807, 2.05) is 6.08 Å². The monoisotopic (exact) mass is 124 g/mol. The van der Waals surface area contributed by atoms with E-state index < -0.39 is 0 Å². The summed E-state index contributed by atoms with van der Waals surface area (Å²) in [5, 5.41) is 0. The van der Waals surface area contributed by atoms with Crippen LogP contribution in [-0.2, 0) is 0 Å². The number of hydrogen-bond acceptors (Lipinski definition) is 0. The molecule has 0 heteroatoms. The highest BCUT2D eigenvalue weighted by Gasteiger charge is 1.89. The molecule has 0 rings (SSSR count). The van der Waals surface area contributed by atoms with Gasteiger partial charge in [-0.2, -0.15) is 0 Å². The van der Waals surface area contributed by atoms with Crippen molar-refractivity contribution in [2.45, 2.75) is 33.6 Å². The molecule has 0 aliphatic rings. The summed E-state index contributed by atoms with van der Waals surface area (Å²) in [6.07, 6.45) is 4.36. The van der Waals surface area contributed by atoms with Crippen LogP contribution in [-0.4, -0.2) is 0 Å². The fourth-order valence-corrected chi connectivity index (χ4v) is 0.746. The van der Waals surface area contributed by atoms with Gasteiger partial charge in [0.05, 0.1) is 0 Å². The molecule has 0 aromatic rings. The summed E-state index contributed by atoms with van der Waals surface area (Å²) in [4.78, 5) is 0. The molecule has 0 N–H and O–H groups in total. The van der Waals surface area contributed by atoms with Crippen molar-refractivity contribution in [3.8, 4) is 0 Å². The van der Waals surface area contributed by atoms with E-state index >= 15 is 0 Å². The molecule has 0 bridgehead atoms. The van der Waals surface area contributed by atoms with Crippen molar-refractivity contribution in [1.29, 1.82) is 0 Å². The van der Waals surface area contributed by atoms with Crippen LogP contribution in [0.5, 0.6) is 0 Å². The molecular weight excluding hydrogens is 108 g/mol. The van der Waals surface area contributed by atoms with E-state index in [2.05, 4.69) is 27.4 Å². The van der Waals surface area contributed by atoms with Crippen LogP contribution < -0.4 is 0 Å². The normalized spacial score (nSPS) is 12.8. The second-order valence-electron chi connectivity index (χ2n) is 2.42. The Morgan fingerprint density at radius 1 is 1.44 bits per heavy atom. The number of allylic oxidation sites excluding steroid dienone is 3. The highest BCUT2D eigenvalue weighted by atomic mass is 14.0. The molecule has 0 aromatic heterocycles. The maximum atomic E-state index is 3.71. The first-order chi connectivity index (χ1) is 4.22. The maximum Gasteiger partial charge on any atom is -0.0320 e. The fourth-order valence-electron chi connectivity index (χ4n) is 0.746. The third kappa shape index (κ3) is 3.12. The highest BCUT2D eigenvalue weighted by molar-refractivity contribution is 5.19. The van der Waals surface area contributed by atoms with Crippen LogP contribution in [0.3, 0.4) is 0 Å². The van der Waals surface area contributed by atoms with E-state index in [-0.39, 0.29) is 0 Å². The Balaban J connectivity index is 3.93. The molecule has 0 saturated carbocycles. The SMILES string of the molecule is C=CC(C)=C(C)CCC.